The lowest BCUT2D eigenvalue weighted by Crippen LogP contribution is -2.19. The van der Waals surface area contributed by atoms with E-state index in [1.807, 2.05) is 12.1 Å². The SMILES string of the molecule is COc1cc2nc(CC(C)C)n(C(C)CN)c2cc1OC. The number of imidazole rings is 1. The van der Waals surface area contributed by atoms with Crippen LogP contribution in [-0.4, -0.2) is 30.3 Å². The van der Waals surface area contributed by atoms with Gasteiger partial charge in [0.1, 0.15) is 5.82 Å². The van der Waals surface area contributed by atoms with Crippen LogP contribution in [0.3, 0.4) is 0 Å². The molecule has 0 spiro atoms. The van der Waals surface area contributed by atoms with Crippen LogP contribution < -0.4 is 15.2 Å². The first-order valence-electron chi connectivity index (χ1n) is 7.34. The predicted octanol–water partition coefficient (Wildman–Crippen LogP) is 2.77. The van der Waals surface area contributed by atoms with Crippen molar-refractivity contribution in [1.82, 2.24) is 9.55 Å². The lowest BCUT2D eigenvalue weighted by molar-refractivity contribution is 0.355. The van der Waals surface area contributed by atoms with Crippen LogP contribution >= 0.6 is 0 Å². The number of rotatable bonds is 6. The van der Waals surface area contributed by atoms with Crippen molar-refractivity contribution in [3.05, 3.63) is 18.0 Å². The Labute approximate surface area is 126 Å². The van der Waals surface area contributed by atoms with E-state index < -0.39 is 0 Å². The maximum atomic E-state index is 5.88. The third-order valence-corrected chi connectivity index (χ3v) is 3.64. The van der Waals surface area contributed by atoms with Crippen molar-refractivity contribution in [3.8, 4) is 11.5 Å². The number of aromatic nitrogens is 2. The molecule has 1 aromatic heterocycles. The first-order valence-corrected chi connectivity index (χ1v) is 7.34. The zero-order valence-corrected chi connectivity index (χ0v) is 13.5. The summed E-state index contributed by atoms with van der Waals surface area (Å²) in [5.74, 6) is 3.01. The highest BCUT2D eigenvalue weighted by atomic mass is 16.5. The van der Waals surface area contributed by atoms with Gasteiger partial charge in [-0.05, 0) is 12.8 Å². The number of methoxy groups -OCH3 is 2. The van der Waals surface area contributed by atoms with Gasteiger partial charge in [-0.2, -0.15) is 0 Å². The van der Waals surface area contributed by atoms with Gasteiger partial charge >= 0.3 is 0 Å². The summed E-state index contributed by atoms with van der Waals surface area (Å²) in [6.45, 7) is 7.07. The molecule has 0 aliphatic heterocycles. The molecule has 0 amide bonds. The fraction of sp³-hybridized carbons (Fsp3) is 0.562. The molecule has 21 heavy (non-hydrogen) atoms. The van der Waals surface area contributed by atoms with Crippen molar-refractivity contribution < 1.29 is 9.47 Å². The van der Waals surface area contributed by atoms with Gasteiger partial charge in [0.25, 0.3) is 0 Å². The molecule has 0 aliphatic rings. The topological polar surface area (TPSA) is 62.3 Å². The number of hydrogen-bond donors (Lipinski definition) is 1. The standard InChI is InChI=1S/C16H25N3O2/c1-10(2)6-16-18-12-7-14(20-4)15(21-5)8-13(12)19(16)11(3)9-17/h7-8,10-11H,6,9,17H2,1-5H3. The van der Waals surface area contributed by atoms with E-state index in [-0.39, 0.29) is 6.04 Å². The summed E-state index contributed by atoms with van der Waals surface area (Å²) in [5.41, 5.74) is 7.84. The Morgan fingerprint density at radius 1 is 1.14 bits per heavy atom. The van der Waals surface area contributed by atoms with E-state index in [9.17, 15) is 0 Å². The minimum Gasteiger partial charge on any atom is -0.493 e. The van der Waals surface area contributed by atoms with Crippen LogP contribution in [0.1, 0.15) is 32.6 Å². The van der Waals surface area contributed by atoms with Gasteiger partial charge in [0.05, 0.1) is 25.3 Å². The van der Waals surface area contributed by atoms with Crippen LogP contribution in [0, 0.1) is 5.92 Å². The molecular formula is C16H25N3O2. The van der Waals surface area contributed by atoms with Gasteiger partial charge in [-0.15, -0.1) is 0 Å². The van der Waals surface area contributed by atoms with E-state index in [1.54, 1.807) is 14.2 Å². The molecule has 116 valence electrons. The monoisotopic (exact) mass is 291 g/mol. The number of hydrogen-bond acceptors (Lipinski definition) is 4. The molecule has 1 unspecified atom stereocenters. The zero-order valence-electron chi connectivity index (χ0n) is 13.5. The van der Waals surface area contributed by atoms with E-state index in [0.717, 1.165) is 23.3 Å². The van der Waals surface area contributed by atoms with Crippen LogP contribution in [0.5, 0.6) is 11.5 Å². The molecule has 1 aromatic carbocycles. The van der Waals surface area contributed by atoms with Gasteiger partial charge in [-0.3, -0.25) is 0 Å². The van der Waals surface area contributed by atoms with Crippen LogP contribution in [0.15, 0.2) is 12.1 Å². The van der Waals surface area contributed by atoms with Gasteiger partial charge in [-0.25, -0.2) is 4.98 Å². The Morgan fingerprint density at radius 3 is 2.29 bits per heavy atom. The quantitative estimate of drug-likeness (QED) is 0.889. The van der Waals surface area contributed by atoms with Crippen LogP contribution in [0.2, 0.25) is 0 Å². The minimum atomic E-state index is 0.196. The lowest BCUT2D eigenvalue weighted by atomic mass is 10.1. The summed E-state index contributed by atoms with van der Waals surface area (Å²) in [6.07, 6.45) is 0.920. The van der Waals surface area contributed by atoms with Gasteiger partial charge in [0.15, 0.2) is 11.5 Å². The first kappa shape index (κ1) is 15.6. The van der Waals surface area contributed by atoms with Crippen LogP contribution in [0.4, 0.5) is 0 Å². The molecule has 0 saturated carbocycles. The molecule has 0 radical (unpaired) electrons. The van der Waals surface area contributed by atoms with Gasteiger partial charge in [-0.1, -0.05) is 13.8 Å². The highest BCUT2D eigenvalue weighted by molar-refractivity contribution is 5.81. The predicted molar refractivity (Wildman–Crippen MR) is 85.1 cm³/mol. The lowest BCUT2D eigenvalue weighted by Gasteiger charge is -2.17. The molecule has 5 heteroatoms. The molecule has 5 nitrogen and oxygen atoms in total. The smallest absolute Gasteiger partial charge is 0.163 e. The Kier molecular flexibility index (Phi) is 4.73. The summed E-state index contributed by atoms with van der Waals surface area (Å²) in [7, 11) is 3.28. The Balaban J connectivity index is 2.67. The Hall–Kier alpha value is -1.75. The second kappa shape index (κ2) is 6.35. The minimum absolute atomic E-state index is 0.196. The fourth-order valence-electron chi connectivity index (χ4n) is 2.58. The van der Waals surface area contributed by atoms with E-state index in [2.05, 4.69) is 25.3 Å². The number of fused-ring (bicyclic) bond motifs is 1. The van der Waals surface area contributed by atoms with Crippen molar-refractivity contribution in [3.63, 3.8) is 0 Å². The van der Waals surface area contributed by atoms with Crippen molar-refractivity contribution in [1.29, 1.82) is 0 Å². The summed E-state index contributed by atoms with van der Waals surface area (Å²) >= 11 is 0. The van der Waals surface area contributed by atoms with E-state index in [4.69, 9.17) is 20.2 Å². The first-order chi connectivity index (χ1) is 10.0. The van der Waals surface area contributed by atoms with Crippen LogP contribution in [-0.2, 0) is 6.42 Å². The van der Waals surface area contributed by atoms with Crippen molar-refractivity contribution in [2.24, 2.45) is 11.7 Å². The summed E-state index contributed by atoms with van der Waals surface area (Å²) in [4.78, 5) is 4.78. The Bertz CT molecular complexity index is 619. The van der Waals surface area contributed by atoms with Crippen molar-refractivity contribution in [2.45, 2.75) is 33.2 Å². The average molecular weight is 291 g/mol. The summed E-state index contributed by atoms with van der Waals surface area (Å²) < 4.78 is 13.0. The maximum Gasteiger partial charge on any atom is 0.163 e. The molecule has 2 aromatic rings. The number of ether oxygens (including phenoxy) is 2. The van der Waals surface area contributed by atoms with Crippen LogP contribution in [0.25, 0.3) is 11.0 Å². The molecule has 2 rings (SSSR count). The molecule has 0 saturated heterocycles. The highest BCUT2D eigenvalue weighted by Gasteiger charge is 2.18. The van der Waals surface area contributed by atoms with E-state index in [1.165, 1.54) is 0 Å². The van der Waals surface area contributed by atoms with Crippen molar-refractivity contribution >= 4 is 11.0 Å². The number of nitrogens with two attached hydrogens (primary N) is 1. The van der Waals surface area contributed by atoms with E-state index in [0.29, 0.717) is 24.0 Å². The van der Waals surface area contributed by atoms with Crippen molar-refractivity contribution in [2.75, 3.05) is 20.8 Å². The van der Waals surface area contributed by atoms with Gasteiger partial charge < -0.3 is 19.8 Å². The maximum absolute atomic E-state index is 5.88. The largest absolute Gasteiger partial charge is 0.493 e. The molecule has 0 bridgehead atoms. The van der Waals surface area contributed by atoms with Gasteiger partial charge in [0.2, 0.25) is 0 Å². The third-order valence-electron chi connectivity index (χ3n) is 3.64. The zero-order chi connectivity index (χ0) is 15.6. The number of nitrogens with zero attached hydrogens (tertiary/aromatic N) is 2. The summed E-state index contributed by atoms with van der Waals surface area (Å²) in [5, 5.41) is 0. The number of benzene rings is 1. The average Bonchev–Trinajstić information content (AvgIpc) is 2.80. The second-order valence-corrected chi connectivity index (χ2v) is 5.78. The molecular weight excluding hydrogens is 266 g/mol. The second-order valence-electron chi connectivity index (χ2n) is 5.78. The van der Waals surface area contributed by atoms with E-state index >= 15 is 0 Å². The third kappa shape index (κ3) is 2.97. The normalized spacial score (nSPS) is 12.9. The molecule has 1 atom stereocenters. The summed E-state index contributed by atoms with van der Waals surface area (Å²) in [6, 6.07) is 4.11. The molecule has 2 N–H and O–H groups in total. The highest BCUT2D eigenvalue weighted by Crippen LogP contribution is 2.34. The van der Waals surface area contributed by atoms with Gasteiger partial charge in [0, 0.05) is 31.1 Å². The molecule has 0 aliphatic carbocycles. The molecule has 0 fully saturated rings. The fourth-order valence-corrected chi connectivity index (χ4v) is 2.58. The Morgan fingerprint density at radius 2 is 1.76 bits per heavy atom. The molecule has 1 heterocycles.